The first-order valence-electron chi connectivity index (χ1n) is 8.47. The topological polar surface area (TPSA) is 50.2 Å². The Bertz CT molecular complexity index is 776. The Kier molecular flexibility index (Phi) is 5.37. The highest BCUT2D eigenvalue weighted by molar-refractivity contribution is 6.30. The number of carbonyl (C=O) groups is 1. The molecule has 3 heterocycles. The zero-order valence-electron chi connectivity index (χ0n) is 14.1. The highest BCUT2D eigenvalue weighted by atomic mass is 35.5. The molecule has 2 atom stereocenters. The van der Waals surface area contributed by atoms with E-state index in [9.17, 15) is 4.79 Å². The highest BCUT2D eigenvalue weighted by Gasteiger charge is 2.32. The summed E-state index contributed by atoms with van der Waals surface area (Å²) < 4.78 is 1.78. The van der Waals surface area contributed by atoms with Crippen molar-refractivity contribution in [3.63, 3.8) is 0 Å². The molecule has 7 heteroatoms. The molecular formula is C18H22Cl2N4O. The molecule has 2 fully saturated rings. The van der Waals surface area contributed by atoms with E-state index in [1.807, 2.05) is 36.1 Å². The lowest BCUT2D eigenvalue weighted by molar-refractivity contribution is 0.0747. The summed E-state index contributed by atoms with van der Waals surface area (Å²) in [6.07, 6.45) is 5.10. The maximum atomic E-state index is 13.0. The average Bonchev–Trinajstić information content (AvgIpc) is 3.09. The van der Waals surface area contributed by atoms with E-state index in [2.05, 4.69) is 10.4 Å². The van der Waals surface area contributed by atoms with Crippen LogP contribution >= 0.6 is 24.0 Å². The molecule has 2 aromatic rings. The monoisotopic (exact) mass is 380 g/mol. The maximum absolute atomic E-state index is 13.0. The molecule has 0 spiro atoms. The Balaban J connectivity index is 0.00000182. The molecule has 0 aliphatic carbocycles. The second-order valence-corrected chi connectivity index (χ2v) is 7.15. The van der Waals surface area contributed by atoms with Gasteiger partial charge in [-0.25, -0.2) is 4.68 Å². The standard InChI is InChI=1S/C18H21ClN4O.ClH/c1-12-17(10-20-23(12)16-4-2-3-13(19)9-16)18(24)22-8-7-14-5-6-15(11-22)21-14;/h2-4,9-10,14-15,21H,5-8,11H2,1H3;1H. The summed E-state index contributed by atoms with van der Waals surface area (Å²) in [6, 6.07) is 8.51. The normalized spacial score (nSPS) is 22.4. The molecule has 0 saturated carbocycles. The van der Waals surface area contributed by atoms with Crippen molar-refractivity contribution in [2.75, 3.05) is 13.1 Å². The van der Waals surface area contributed by atoms with Gasteiger partial charge in [-0.05, 0) is 44.4 Å². The number of halogens is 2. The van der Waals surface area contributed by atoms with E-state index in [4.69, 9.17) is 11.6 Å². The Morgan fingerprint density at radius 1 is 1.28 bits per heavy atom. The van der Waals surface area contributed by atoms with Crippen LogP contribution in [0.1, 0.15) is 35.3 Å². The Hall–Kier alpha value is -1.56. The number of nitrogens with one attached hydrogen (secondary N) is 1. The third kappa shape index (κ3) is 3.54. The summed E-state index contributed by atoms with van der Waals surface area (Å²) in [5, 5.41) is 8.68. The lowest BCUT2D eigenvalue weighted by Gasteiger charge is -2.24. The van der Waals surface area contributed by atoms with E-state index in [-0.39, 0.29) is 18.3 Å². The fourth-order valence-electron chi connectivity index (χ4n) is 3.79. The van der Waals surface area contributed by atoms with Gasteiger partial charge in [-0.3, -0.25) is 4.79 Å². The number of rotatable bonds is 2. The van der Waals surface area contributed by atoms with Crippen molar-refractivity contribution in [3.05, 3.63) is 46.7 Å². The molecule has 1 aromatic heterocycles. The lowest BCUT2D eigenvalue weighted by Crippen LogP contribution is -2.39. The summed E-state index contributed by atoms with van der Waals surface area (Å²) in [6.45, 7) is 3.54. The number of nitrogens with zero attached hydrogens (tertiary/aromatic N) is 3. The Morgan fingerprint density at radius 3 is 2.88 bits per heavy atom. The van der Waals surface area contributed by atoms with Crippen molar-refractivity contribution >= 4 is 29.9 Å². The zero-order valence-corrected chi connectivity index (χ0v) is 15.7. The van der Waals surface area contributed by atoms with E-state index in [0.29, 0.717) is 22.7 Å². The first kappa shape index (κ1) is 18.2. The van der Waals surface area contributed by atoms with Crippen molar-refractivity contribution in [2.45, 2.75) is 38.3 Å². The predicted octanol–water partition coefficient (Wildman–Crippen LogP) is 3.22. The number of hydrogen-bond acceptors (Lipinski definition) is 3. The van der Waals surface area contributed by atoms with Crippen molar-refractivity contribution in [2.24, 2.45) is 0 Å². The molecule has 25 heavy (non-hydrogen) atoms. The van der Waals surface area contributed by atoms with Gasteiger partial charge >= 0.3 is 0 Å². The number of fused-ring (bicyclic) bond motifs is 2. The molecule has 0 radical (unpaired) electrons. The maximum Gasteiger partial charge on any atom is 0.257 e. The number of benzene rings is 1. The molecule has 134 valence electrons. The van der Waals surface area contributed by atoms with Gasteiger partial charge in [0.25, 0.3) is 5.91 Å². The average molecular weight is 381 g/mol. The molecule has 2 saturated heterocycles. The number of likely N-dealkylation sites (tertiary alicyclic amines) is 1. The molecule has 1 amide bonds. The minimum atomic E-state index is 0. The minimum absolute atomic E-state index is 0. The van der Waals surface area contributed by atoms with Crippen LogP contribution in [0.3, 0.4) is 0 Å². The van der Waals surface area contributed by atoms with E-state index < -0.39 is 0 Å². The summed E-state index contributed by atoms with van der Waals surface area (Å²) in [5.74, 6) is 0.0788. The SMILES string of the molecule is Cc1c(C(=O)N2CCC3CCC(C2)N3)cnn1-c1cccc(Cl)c1.Cl. The lowest BCUT2D eigenvalue weighted by atomic mass is 10.1. The van der Waals surface area contributed by atoms with Crippen molar-refractivity contribution < 1.29 is 4.79 Å². The van der Waals surface area contributed by atoms with Gasteiger partial charge in [-0.15, -0.1) is 12.4 Å². The second kappa shape index (κ2) is 7.36. The second-order valence-electron chi connectivity index (χ2n) is 6.71. The minimum Gasteiger partial charge on any atom is -0.337 e. The van der Waals surface area contributed by atoms with Crippen LogP contribution in [-0.2, 0) is 0 Å². The van der Waals surface area contributed by atoms with Gasteiger partial charge in [0.05, 0.1) is 23.1 Å². The third-order valence-electron chi connectivity index (χ3n) is 5.10. The van der Waals surface area contributed by atoms with Gasteiger partial charge in [-0.1, -0.05) is 17.7 Å². The van der Waals surface area contributed by atoms with Crippen molar-refractivity contribution in [3.8, 4) is 5.69 Å². The largest absolute Gasteiger partial charge is 0.337 e. The van der Waals surface area contributed by atoms with Crippen LogP contribution in [0, 0.1) is 6.92 Å². The van der Waals surface area contributed by atoms with E-state index in [1.165, 1.54) is 6.42 Å². The summed E-state index contributed by atoms with van der Waals surface area (Å²) in [4.78, 5) is 15.0. The summed E-state index contributed by atoms with van der Waals surface area (Å²) >= 11 is 6.07. The quantitative estimate of drug-likeness (QED) is 0.869. The summed E-state index contributed by atoms with van der Waals surface area (Å²) in [5.41, 5.74) is 2.40. The predicted molar refractivity (Wildman–Crippen MR) is 101 cm³/mol. The molecule has 2 aliphatic rings. The Labute approximate surface area is 158 Å². The fourth-order valence-corrected chi connectivity index (χ4v) is 3.97. The van der Waals surface area contributed by atoms with Gasteiger partial charge in [0.1, 0.15) is 0 Å². The number of aromatic nitrogens is 2. The van der Waals surface area contributed by atoms with Crippen LogP contribution < -0.4 is 5.32 Å². The molecule has 4 rings (SSSR count). The smallest absolute Gasteiger partial charge is 0.257 e. The number of amides is 1. The van der Waals surface area contributed by atoms with Crippen LogP contribution in [0.5, 0.6) is 0 Å². The van der Waals surface area contributed by atoms with Gasteiger partial charge in [0.15, 0.2) is 0 Å². The number of hydrogen-bond donors (Lipinski definition) is 1. The molecule has 1 N–H and O–H groups in total. The molecule has 5 nitrogen and oxygen atoms in total. The first-order valence-corrected chi connectivity index (χ1v) is 8.85. The van der Waals surface area contributed by atoms with Crippen molar-refractivity contribution in [1.29, 1.82) is 0 Å². The van der Waals surface area contributed by atoms with Gasteiger partial charge in [0, 0.05) is 30.2 Å². The molecule has 2 aliphatic heterocycles. The van der Waals surface area contributed by atoms with Crippen LogP contribution in [0.4, 0.5) is 0 Å². The molecule has 2 bridgehead atoms. The molecule has 2 unspecified atom stereocenters. The van der Waals surface area contributed by atoms with Gasteiger partial charge in [-0.2, -0.15) is 5.10 Å². The van der Waals surface area contributed by atoms with Gasteiger partial charge in [0.2, 0.25) is 0 Å². The highest BCUT2D eigenvalue weighted by Crippen LogP contribution is 2.23. The van der Waals surface area contributed by atoms with E-state index in [0.717, 1.165) is 37.3 Å². The van der Waals surface area contributed by atoms with Crippen molar-refractivity contribution in [1.82, 2.24) is 20.0 Å². The van der Waals surface area contributed by atoms with E-state index in [1.54, 1.807) is 10.9 Å². The van der Waals surface area contributed by atoms with Gasteiger partial charge < -0.3 is 10.2 Å². The van der Waals surface area contributed by atoms with E-state index >= 15 is 0 Å². The van der Waals surface area contributed by atoms with Crippen LogP contribution in [0.2, 0.25) is 5.02 Å². The first-order chi connectivity index (χ1) is 11.6. The van der Waals surface area contributed by atoms with Crippen LogP contribution in [-0.4, -0.2) is 45.8 Å². The fraction of sp³-hybridized carbons (Fsp3) is 0.444. The Morgan fingerprint density at radius 2 is 2.08 bits per heavy atom. The molecule has 1 aromatic carbocycles. The van der Waals surface area contributed by atoms with Crippen LogP contribution in [0.15, 0.2) is 30.5 Å². The third-order valence-corrected chi connectivity index (χ3v) is 5.34. The van der Waals surface area contributed by atoms with Crippen LogP contribution in [0.25, 0.3) is 5.69 Å². The summed E-state index contributed by atoms with van der Waals surface area (Å²) in [7, 11) is 0. The molecular weight excluding hydrogens is 359 g/mol. The number of carbonyl (C=O) groups excluding carboxylic acids is 1. The zero-order chi connectivity index (χ0) is 16.7.